The Morgan fingerprint density at radius 3 is 2.74 bits per heavy atom. The lowest BCUT2D eigenvalue weighted by atomic mass is 9.95. The Morgan fingerprint density at radius 1 is 1.09 bits per heavy atom. The van der Waals surface area contributed by atoms with Gasteiger partial charge in [0.15, 0.2) is 0 Å². The van der Waals surface area contributed by atoms with Crippen LogP contribution in [-0.2, 0) is 0 Å². The molecule has 1 aliphatic heterocycles. The predicted molar refractivity (Wildman–Crippen MR) is 91.4 cm³/mol. The van der Waals surface area contributed by atoms with Crippen LogP contribution in [0, 0.1) is 5.92 Å². The van der Waals surface area contributed by atoms with Gasteiger partial charge in [-0.05, 0) is 25.7 Å². The Morgan fingerprint density at radius 2 is 1.91 bits per heavy atom. The first-order valence-corrected chi connectivity index (χ1v) is 8.25. The molecule has 2 unspecified atom stereocenters. The molecule has 0 radical (unpaired) electrons. The van der Waals surface area contributed by atoms with E-state index in [9.17, 15) is 0 Å². The molecule has 1 fully saturated rings. The summed E-state index contributed by atoms with van der Waals surface area (Å²) in [6.07, 6.45) is 4.08. The Kier molecular flexibility index (Phi) is 3.48. The van der Waals surface area contributed by atoms with Gasteiger partial charge in [0.1, 0.15) is 12.1 Å². The summed E-state index contributed by atoms with van der Waals surface area (Å²) in [5.41, 5.74) is 2.06. The van der Waals surface area contributed by atoms with E-state index >= 15 is 0 Å². The van der Waals surface area contributed by atoms with E-state index in [4.69, 9.17) is 0 Å². The standard InChI is InChI=1S/C18H21N5/c1-13-8-9-14(2)22(11-13)17-10-16(15-6-4-3-5-7-15)21-18-19-12-20-23(17)18/h3-7,10,12-14H,8-9,11H2,1-2H3. The molecule has 0 saturated carbocycles. The average Bonchev–Trinajstić information content (AvgIpc) is 3.05. The maximum absolute atomic E-state index is 4.67. The minimum atomic E-state index is 0.504. The number of fused-ring (bicyclic) bond motifs is 1. The van der Waals surface area contributed by atoms with Gasteiger partial charge >= 0.3 is 0 Å². The van der Waals surface area contributed by atoms with Crippen molar-refractivity contribution < 1.29 is 0 Å². The largest absolute Gasteiger partial charge is 0.353 e. The fourth-order valence-electron chi connectivity index (χ4n) is 3.37. The third-order valence-corrected chi connectivity index (χ3v) is 4.71. The zero-order chi connectivity index (χ0) is 15.8. The molecule has 2 atom stereocenters. The fraction of sp³-hybridized carbons (Fsp3) is 0.389. The van der Waals surface area contributed by atoms with Crippen molar-refractivity contribution in [2.45, 2.75) is 32.7 Å². The molecule has 5 heteroatoms. The van der Waals surface area contributed by atoms with Crippen molar-refractivity contribution in [1.29, 1.82) is 0 Å². The van der Waals surface area contributed by atoms with Gasteiger partial charge in [0.25, 0.3) is 5.78 Å². The van der Waals surface area contributed by atoms with Gasteiger partial charge in [-0.25, -0.2) is 4.98 Å². The van der Waals surface area contributed by atoms with Crippen molar-refractivity contribution in [3.05, 3.63) is 42.7 Å². The van der Waals surface area contributed by atoms with Gasteiger partial charge in [0.2, 0.25) is 0 Å². The van der Waals surface area contributed by atoms with Crippen LogP contribution in [0.3, 0.4) is 0 Å². The second kappa shape index (κ2) is 5.65. The lowest BCUT2D eigenvalue weighted by Gasteiger charge is -2.38. The number of aromatic nitrogens is 4. The van der Waals surface area contributed by atoms with Crippen LogP contribution in [0.4, 0.5) is 5.82 Å². The highest BCUT2D eigenvalue weighted by atomic mass is 15.4. The monoisotopic (exact) mass is 307 g/mol. The van der Waals surface area contributed by atoms with Gasteiger partial charge in [-0.1, -0.05) is 37.3 Å². The van der Waals surface area contributed by atoms with Crippen LogP contribution in [0.25, 0.3) is 17.0 Å². The third-order valence-electron chi connectivity index (χ3n) is 4.71. The van der Waals surface area contributed by atoms with E-state index in [2.05, 4.69) is 52.0 Å². The molecule has 1 aliphatic rings. The molecular formula is C18H21N5. The predicted octanol–water partition coefficient (Wildman–Crippen LogP) is 3.42. The number of piperidine rings is 1. The van der Waals surface area contributed by atoms with E-state index in [0.29, 0.717) is 17.7 Å². The van der Waals surface area contributed by atoms with E-state index < -0.39 is 0 Å². The van der Waals surface area contributed by atoms with Crippen LogP contribution in [0.15, 0.2) is 42.7 Å². The van der Waals surface area contributed by atoms with Gasteiger partial charge in [-0.2, -0.15) is 14.6 Å². The van der Waals surface area contributed by atoms with E-state index in [1.165, 1.54) is 12.8 Å². The van der Waals surface area contributed by atoms with Crippen molar-refractivity contribution in [2.75, 3.05) is 11.4 Å². The molecule has 4 rings (SSSR count). The summed E-state index contributed by atoms with van der Waals surface area (Å²) in [5.74, 6) is 2.44. The molecule has 3 heterocycles. The highest BCUT2D eigenvalue weighted by molar-refractivity contribution is 5.66. The minimum Gasteiger partial charge on any atom is -0.353 e. The molecule has 1 saturated heterocycles. The zero-order valence-corrected chi connectivity index (χ0v) is 13.6. The summed E-state index contributed by atoms with van der Waals surface area (Å²) >= 11 is 0. The van der Waals surface area contributed by atoms with Crippen molar-refractivity contribution in [2.24, 2.45) is 5.92 Å². The maximum Gasteiger partial charge on any atom is 0.254 e. The molecule has 1 aromatic carbocycles. The van der Waals surface area contributed by atoms with Crippen LogP contribution < -0.4 is 4.90 Å². The Labute approximate surface area is 136 Å². The number of nitrogens with zero attached hydrogens (tertiary/aromatic N) is 5. The van der Waals surface area contributed by atoms with Crippen LogP contribution in [0.1, 0.15) is 26.7 Å². The van der Waals surface area contributed by atoms with Crippen molar-refractivity contribution in [3.63, 3.8) is 0 Å². The number of anilines is 1. The van der Waals surface area contributed by atoms with Crippen molar-refractivity contribution >= 4 is 11.6 Å². The molecule has 5 nitrogen and oxygen atoms in total. The number of hydrogen-bond donors (Lipinski definition) is 0. The van der Waals surface area contributed by atoms with Crippen LogP contribution in [0.5, 0.6) is 0 Å². The zero-order valence-electron chi connectivity index (χ0n) is 13.6. The Balaban J connectivity index is 1.86. The van der Waals surface area contributed by atoms with Gasteiger partial charge < -0.3 is 4.90 Å². The Hall–Kier alpha value is -2.43. The smallest absolute Gasteiger partial charge is 0.254 e. The molecule has 0 N–H and O–H groups in total. The second-order valence-electron chi connectivity index (χ2n) is 6.52. The summed E-state index contributed by atoms with van der Waals surface area (Å²) in [7, 11) is 0. The summed E-state index contributed by atoms with van der Waals surface area (Å²) in [4.78, 5) is 11.4. The normalized spacial score (nSPS) is 21.7. The molecular weight excluding hydrogens is 286 g/mol. The maximum atomic E-state index is 4.67. The quantitative estimate of drug-likeness (QED) is 0.728. The average molecular weight is 307 g/mol. The summed E-state index contributed by atoms with van der Waals surface area (Å²) in [6, 6.07) is 12.9. The van der Waals surface area contributed by atoms with Crippen molar-refractivity contribution in [1.82, 2.24) is 19.6 Å². The molecule has 0 spiro atoms. The van der Waals surface area contributed by atoms with E-state index in [-0.39, 0.29) is 0 Å². The summed E-state index contributed by atoms with van der Waals surface area (Å²) < 4.78 is 1.86. The van der Waals surface area contributed by atoms with Crippen LogP contribution >= 0.6 is 0 Å². The van der Waals surface area contributed by atoms with E-state index in [0.717, 1.165) is 23.6 Å². The molecule has 2 aromatic heterocycles. The van der Waals surface area contributed by atoms with E-state index in [1.54, 1.807) is 6.33 Å². The topological polar surface area (TPSA) is 46.3 Å². The highest BCUT2D eigenvalue weighted by Gasteiger charge is 2.26. The molecule has 0 amide bonds. The van der Waals surface area contributed by atoms with Gasteiger partial charge in [-0.15, -0.1) is 0 Å². The van der Waals surface area contributed by atoms with Gasteiger partial charge in [-0.3, -0.25) is 0 Å². The first-order chi connectivity index (χ1) is 11.2. The second-order valence-corrected chi connectivity index (χ2v) is 6.52. The van der Waals surface area contributed by atoms with Gasteiger partial charge in [0, 0.05) is 24.2 Å². The lowest BCUT2D eigenvalue weighted by Crippen LogP contribution is -2.42. The van der Waals surface area contributed by atoms with Crippen LogP contribution in [0.2, 0.25) is 0 Å². The summed E-state index contributed by atoms with van der Waals surface area (Å²) in [6.45, 7) is 5.66. The lowest BCUT2D eigenvalue weighted by molar-refractivity contribution is 0.386. The van der Waals surface area contributed by atoms with Gasteiger partial charge in [0.05, 0.1) is 5.69 Å². The molecule has 118 valence electrons. The molecule has 0 bridgehead atoms. The summed E-state index contributed by atoms with van der Waals surface area (Å²) in [5, 5.41) is 4.39. The minimum absolute atomic E-state index is 0.504. The van der Waals surface area contributed by atoms with Crippen LogP contribution in [-0.4, -0.2) is 32.2 Å². The highest BCUT2D eigenvalue weighted by Crippen LogP contribution is 2.30. The first kappa shape index (κ1) is 14.2. The molecule has 3 aromatic rings. The first-order valence-electron chi connectivity index (χ1n) is 8.25. The number of hydrogen-bond acceptors (Lipinski definition) is 4. The SMILES string of the molecule is CC1CCC(C)N(c2cc(-c3ccccc3)nc3ncnn23)C1. The fourth-order valence-corrected chi connectivity index (χ4v) is 3.37. The molecule has 0 aliphatic carbocycles. The Bertz CT molecular complexity index is 811. The number of benzene rings is 1. The third kappa shape index (κ3) is 2.56. The molecule has 23 heavy (non-hydrogen) atoms. The van der Waals surface area contributed by atoms with E-state index in [1.807, 2.05) is 22.7 Å². The number of rotatable bonds is 2. The van der Waals surface area contributed by atoms with Crippen molar-refractivity contribution in [3.8, 4) is 11.3 Å².